The van der Waals surface area contributed by atoms with Gasteiger partial charge in [-0.15, -0.1) is 0 Å². The zero-order valence-electron chi connectivity index (χ0n) is 17.5. The number of hydrogen-bond donors (Lipinski definition) is 2. The van der Waals surface area contributed by atoms with E-state index >= 15 is 0 Å². The zero-order chi connectivity index (χ0) is 24.5. The van der Waals surface area contributed by atoms with Crippen molar-refractivity contribution in [2.75, 3.05) is 31.1 Å². The Bertz CT molecular complexity index is 1190. The smallest absolute Gasteiger partial charge is 0.417 e. The van der Waals surface area contributed by atoms with Crippen molar-refractivity contribution < 1.29 is 40.7 Å². The van der Waals surface area contributed by atoms with Crippen LogP contribution in [0.1, 0.15) is 17.2 Å². The van der Waals surface area contributed by atoms with Crippen molar-refractivity contribution in [2.24, 2.45) is 0 Å². The van der Waals surface area contributed by atoms with Crippen LogP contribution in [-0.4, -0.2) is 52.8 Å². The molecule has 2 aliphatic heterocycles. The molecule has 4 rings (SSSR count). The predicted octanol–water partition coefficient (Wildman–Crippen LogP) is 2.20. The second kappa shape index (κ2) is 9.24. The van der Waals surface area contributed by atoms with Gasteiger partial charge in [-0.2, -0.15) is 13.2 Å². The number of cyclic esters (lactones) is 1. The maximum atomic E-state index is 13.2. The molecule has 2 saturated heterocycles. The highest BCUT2D eigenvalue weighted by Gasteiger charge is 2.38. The Morgan fingerprint density at radius 1 is 1.09 bits per heavy atom. The Kier molecular flexibility index (Phi) is 6.51. The molecule has 0 spiro atoms. The third-order valence-electron chi connectivity index (χ3n) is 5.29. The molecule has 9 nitrogen and oxygen atoms in total. The SMILES string of the molecule is O=C1NCCOC1c1ccc(N2CC(CNS(=O)(=O)c3ccccc3C(F)(F)F)OC2=O)cc1. The Morgan fingerprint density at radius 3 is 2.47 bits per heavy atom. The van der Waals surface area contributed by atoms with Crippen molar-refractivity contribution in [3.8, 4) is 0 Å². The van der Waals surface area contributed by atoms with E-state index in [4.69, 9.17) is 9.47 Å². The number of amides is 2. The molecular weight excluding hydrogens is 479 g/mol. The summed E-state index contributed by atoms with van der Waals surface area (Å²) in [5, 5.41) is 2.70. The summed E-state index contributed by atoms with van der Waals surface area (Å²) in [5.74, 6) is -0.265. The van der Waals surface area contributed by atoms with Crippen molar-refractivity contribution in [1.82, 2.24) is 10.0 Å². The molecule has 2 aromatic carbocycles. The average molecular weight is 499 g/mol. The van der Waals surface area contributed by atoms with Crippen LogP contribution in [-0.2, 0) is 30.5 Å². The summed E-state index contributed by atoms with van der Waals surface area (Å²) >= 11 is 0. The molecule has 0 aliphatic carbocycles. The van der Waals surface area contributed by atoms with Gasteiger partial charge in [0.25, 0.3) is 5.91 Å². The van der Waals surface area contributed by atoms with E-state index in [0.717, 1.165) is 12.1 Å². The average Bonchev–Trinajstić information content (AvgIpc) is 3.18. The lowest BCUT2D eigenvalue weighted by molar-refractivity contribution is -0.140. The number of morpholine rings is 1. The summed E-state index contributed by atoms with van der Waals surface area (Å²) in [6.45, 7) is 0.370. The van der Waals surface area contributed by atoms with Crippen molar-refractivity contribution in [3.63, 3.8) is 0 Å². The number of sulfonamides is 1. The van der Waals surface area contributed by atoms with E-state index in [2.05, 4.69) is 10.0 Å². The van der Waals surface area contributed by atoms with E-state index in [0.29, 0.717) is 30.5 Å². The van der Waals surface area contributed by atoms with Gasteiger partial charge < -0.3 is 14.8 Å². The van der Waals surface area contributed by atoms with Crippen LogP contribution >= 0.6 is 0 Å². The minimum absolute atomic E-state index is 0.0258. The van der Waals surface area contributed by atoms with Crippen LogP contribution in [0.3, 0.4) is 0 Å². The van der Waals surface area contributed by atoms with E-state index in [1.807, 2.05) is 0 Å². The van der Waals surface area contributed by atoms with Gasteiger partial charge in [0.05, 0.1) is 23.6 Å². The Balaban J connectivity index is 1.41. The van der Waals surface area contributed by atoms with Crippen LogP contribution < -0.4 is 14.9 Å². The lowest BCUT2D eigenvalue weighted by Crippen LogP contribution is -2.39. The first-order valence-electron chi connectivity index (χ1n) is 10.2. The molecule has 0 radical (unpaired) electrons. The third kappa shape index (κ3) is 5.00. The molecule has 34 heavy (non-hydrogen) atoms. The summed E-state index contributed by atoms with van der Waals surface area (Å²) in [6, 6.07) is 10.3. The largest absolute Gasteiger partial charge is 0.443 e. The van der Waals surface area contributed by atoms with Gasteiger partial charge in [0.2, 0.25) is 10.0 Å². The highest BCUT2D eigenvalue weighted by Crippen LogP contribution is 2.34. The number of nitrogens with one attached hydrogen (secondary N) is 2. The van der Waals surface area contributed by atoms with Gasteiger partial charge in [-0.25, -0.2) is 17.9 Å². The zero-order valence-corrected chi connectivity index (χ0v) is 18.4. The van der Waals surface area contributed by atoms with E-state index in [-0.39, 0.29) is 12.5 Å². The van der Waals surface area contributed by atoms with Crippen molar-refractivity contribution in [2.45, 2.75) is 23.3 Å². The van der Waals surface area contributed by atoms with Gasteiger partial charge >= 0.3 is 12.3 Å². The van der Waals surface area contributed by atoms with E-state index < -0.39 is 51.5 Å². The Morgan fingerprint density at radius 2 is 1.79 bits per heavy atom. The highest BCUT2D eigenvalue weighted by molar-refractivity contribution is 7.89. The molecular formula is C21H20F3N3O6S. The Labute approximate surface area is 192 Å². The molecule has 2 aromatic rings. The molecule has 2 unspecified atom stereocenters. The number of nitrogens with zero attached hydrogens (tertiary/aromatic N) is 1. The van der Waals surface area contributed by atoms with Crippen molar-refractivity contribution in [1.29, 1.82) is 0 Å². The topological polar surface area (TPSA) is 114 Å². The minimum Gasteiger partial charge on any atom is -0.443 e. The Hall–Kier alpha value is -3.16. The molecule has 182 valence electrons. The van der Waals surface area contributed by atoms with Crippen LogP contribution in [0.15, 0.2) is 53.4 Å². The number of halogens is 3. The van der Waals surface area contributed by atoms with E-state index in [1.54, 1.807) is 24.3 Å². The number of carbonyl (C=O) groups is 2. The first-order valence-corrected chi connectivity index (χ1v) is 11.7. The quantitative estimate of drug-likeness (QED) is 0.630. The number of carbonyl (C=O) groups excluding carboxylic acids is 2. The molecule has 2 N–H and O–H groups in total. The fraction of sp³-hybridized carbons (Fsp3) is 0.333. The first-order chi connectivity index (χ1) is 16.1. The van der Waals surface area contributed by atoms with E-state index in [1.165, 1.54) is 11.0 Å². The fourth-order valence-electron chi connectivity index (χ4n) is 3.65. The molecule has 0 bridgehead atoms. The van der Waals surface area contributed by atoms with Crippen molar-refractivity contribution in [3.05, 3.63) is 59.7 Å². The van der Waals surface area contributed by atoms with Gasteiger partial charge in [0.1, 0.15) is 6.10 Å². The number of ether oxygens (including phenoxy) is 2. The normalized spacial score (nSPS) is 21.3. The van der Waals surface area contributed by atoms with Gasteiger partial charge in [0.15, 0.2) is 6.10 Å². The second-order valence-corrected chi connectivity index (χ2v) is 9.33. The van der Waals surface area contributed by atoms with Crippen LogP contribution in [0.4, 0.5) is 23.7 Å². The monoisotopic (exact) mass is 499 g/mol. The summed E-state index contributed by atoms with van der Waals surface area (Å²) in [7, 11) is -4.52. The summed E-state index contributed by atoms with van der Waals surface area (Å²) in [5.41, 5.74) is -0.248. The number of hydrogen-bond acceptors (Lipinski definition) is 6. The molecule has 2 heterocycles. The van der Waals surface area contributed by atoms with Gasteiger partial charge in [-0.3, -0.25) is 9.69 Å². The third-order valence-corrected chi connectivity index (χ3v) is 6.77. The lowest BCUT2D eigenvalue weighted by Gasteiger charge is -2.23. The van der Waals surface area contributed by atoms with E-state index in [9.17, 15) is 31.2 Å². The minimum atomic E-state index is -4.85. The van der Waals surface area contributed by atoms with Gasteiger partial charge in [-0.05, 0) is 29.8 Å². The molecule has 13 heteroatoms. The van der Waals surface area contributed by atoms with Crippen molar-refractivity contribution >= 4 is 27.7 Å². The summed E-state index contributed by atoms with van der Waals surface area (Å²) in [4.78, 5) is 24.6. The number of benzene rings is 2. The fourth-order valence-corrected chi connectivity index (χ4v) is 4.94. The molecule has 2 amide bonds. The molecule has 2 fully saturated rings. The molecule has 0 aromatic heterocycles. The molecule has 2 atom stereocenters. The molecule has 0 saturated carbocycles. The van der Waals surface area contributed by atoms with Crippen LogP contribution in [0.5, 0.6) is 0 Å². The highest BCUT2D eigenvalue weighted by atomic mass is 32.2. The maximum Gasteiger partial charge on any atom is 0.417 e. The second-order valence-electron chi connectivity index (χ2n) is 7.60. The van der Waals surface area contributed by atoms with Gasteiger partial charge in [0, 0.05) is 18.8 Å². The lowest BCUT2D eigenvalue weighted by atomic mass is 10.1. The van der Waals surface area contributed by atoms with Gasteiger partial charge in [-0.1, -0.05) is 24.3 Å². The first kappa shape index (κ1) is 24.0. The van der Waals surface area contributed by atoms with Crippen LogP contribution in [0.25, 0.3) is 0 Å². The summed E-state index contributed by atoms with van der Waals surface area (Å²) < 4.78 is 77.2. The van der Waals surface area contributed by atoms with Crippen LogP contribution in [0, 0.1) is 0 Å². The predicted molar refractivity (Wildman–Crippen MR) is 112 cm³/mol. The summed E-state index contributed by atoms with van der Waals surface area (Å²) in [6.07, 6.45) is -7.26. The molecule has 2 aliphatic rings. The van der Waals surface area contributed by atoms with Crippen LogP contribution in [0.2, 0.25) is 0 Å². The maximum absolute atomic E-state index is 13.2. The number of alkyl halides is 3. The standard InChI is InChI=1S/C21H20F3N3O6S/c22-21(23,24)16-3-1-2-4-17(16)34(30,31)26-11-15-12-27(20(29)33-15)14-7-5-13(6-8-14)18-19(28)25-9-10-32-18/h1-8,15,18,26H,9-12H2,(H,25,28). The number of rotatable bonds is 6. The number of anilines is 1.